The highest BCUT2D eigenvalue weighted by molar-refractivity contribution is 7.80. The van der Waals surface area contributed by atoms with Gasteiger partial charge in [-0.25, -0.2) is 4.79 Å². The molecule has 1 aromatic rings. The van der Waals surface area contributed by atoms with Crippen LogP contribution in [-0.4, -0.2) is 20.3 Å². The van der Waals surface area contributed by atoms with Gasteiger partial charge in [-0.2, -0.15) is 13.2 Å². The fraction of sp³-hybridized carbons (Fsp3) is 0.600. The third-order valence-electron chi connectivity index (χ3n) is 2.50. The Morgan fingerprint density at radius 2 is 2.00 bits per heavy atom. The Labute approximate surface area is 107 Å². The van der Waals surface area contributed by atoms with Crippen molar-refractivity contribution in [2.24, 2.45) is 11.7 Å². The number of aryl methyl sites for hydroxylation is 1. The van der Waals surface area contributed by atoms with Crippen LogP contribution >= 0.6 is 12.2 Å². The summed E-state index contributed by atoms with van der Waals surface area (Å²) in [5, 5.41) is 0. The number of hydrogen-bond donors (Lipinski definition) is 1. The molecule has 0 saturated carbocycles. The van der Waals surface area contributed by atoms with E-state index in [9.17, 15) is 18.0 Å². The highest BCUT2D eigenvalue weighted by Crippen LogP contribution is 2.27. The molecule has 18 heavy (non-hydrogen) atoms. The average Bonchev–Trinajstić information content (AvgIpc) is 2.56. The van der Waals surface area contributed by atoms with Gasteiger partial charge in [-0.1, -0.05) is 19.1 Å². The van der Waals surface area contributed by atoms with Crippen molar-refractivity contribution in [3.63, 3.8) is 0 Å². The minimum atomic E-state index is -4.54. The van der Waals surface area contributed by atoms with Gasteiger partial charge in [0, 0.05) is 25.5 Å². The summed E-state index contributed by atoms with van der Waals surface area (Å²) >= 11 is 4.40. The average molecular weight is 281 g/mol. The highest BCUT2D eigenvalue weighted by Gasteiger charge is 2.42. The van der Waals surface area contributed by atoms with Crippen molar-refractivity contribution in [3.8, 4) is 0 Å². The monoisotopic (exact) mass is 281 g/mol. The number of imidazole rings is 1. The van der Waals surface area contributed by atoms with Crippen LogP contribution in [0.2, 0.25) is 0 Å². The van der Waals surface area contributed by atoms with E-state index in [1.807, 2.05) is 6.92 Å². The van der Waals surface area contributed by atoms with Gasteiger partial charge < -0.3 is 5.73 Å². The zero-order chi connectivity index (χ0) is 13.9. The van der Waals surface area contributed by atoms with Crippen LogP contribution in [0.3, 0.4) is 0 Å². The van der Waals surface area contributed by atoms with E-state index in [4.69, 9.17) is 5.73 Å². The van der Waals surface area contributed by atoms with Gasteiger partial charge in [0.1, 0.15) is 5.92 Å². The maximum atomic E-state index is 12.7. The van der Waals surface area contributed by atoms with Gasteiger partial charge in [0.2, 0.25) is 0 Å². The summed E-state index contributed by atoms with van der Waals surface area (Å²) in [5.41, 5.74) is 4.59. The van der Waals surface area contributed by atoms with Gasteiger partial charge in [-0.3, -0.25) is 9.13 Å². The predicted molar refractivity (Wildman–Crippen MR) is 65.3 cm³/mol. The minimum Gasteiger partial charge on any atom is -0.393 e. The second-order valence-corrected chi connectivity index (χ2v) is 4.39. The Morgan fingerprint density at radius 1 is 1.44 bits per heavy atom. The van der Waals surface area contributed by atoms with Gasteiger partial charge in [-0.05, 0) is 6.42 Å². The van der Waals surface area contributed by atoms with Crippen LogP contribution in [0, 0.1) is 5.92 Å². The lowest BCUT2D eigenvalue weighted by Gasteiger charge is -2.18. The summed E-state index contributed by atoms with van der Waals surface area (Å²) in [4.78, 5) is 11.1. The Bertz CT molecular complexity index is 477. The molecule has 0 aliphatic heterocycles. The number of alkyl halides is 3. The molecule has 1 rings (SSSR count). The van der Waals surface area contributed by atoms with E-state index in [-0.39, 0.29) is 0 Å². The number of aromatic nitrogens is 2. The van der Waals surface area contributed by atoms with Crippen molar-refractivity contribution in [1.29, 1.82) is 0 Å². The molecule has 0 aromatic carbocycles. The summed E-state index contributed by atoms with van der Waals surface area (Å²) in [5.74, 6) is -1.98. The first-order valence-electron chi connectivity index (χ1n) is 5.39. The lowest BCUT2D eigenvalue weighted by Crippen LogP contribution is -2.40. The van der Waals surface area contributed by atoms with E-state index < -0.39 is 29.3 Å². The molecule has 0 bridgehead atoms. The van der Waals surface area contributed by atoms with E-state index in [0.717, 1.165) is 11.0 Å². The molecule has 0 spiro atoms. The fourth-order valence-electron chi connectivity index (χ4n) is 1.55. The lowest BCUT2D eigenvalue weighted by atomic mass is 10.1. The van der Waals surface area contributed by atoms with Gasteiger partial charge in [0.05, 0.1) is 4.99 Å². The molecule has 0 fully saturated rings. The second kappa shape index (κ2) is 5.55. The van der Waals surface area contributed by atoms with Crippen molar-refractivity contribution in [2.75, 3.05) is 0 Å². The molecule has 8 heteroatoms. The third-order valence-corrected chi connectivity index (χ3v) is 2.78. The smallest absolute Gasteiger partial charge is 0.393 e. The second-order valence-electron chi connectivity index (χ2n) is 3.92. The highest BCUT2D eigenvalue weighted by atomic mass is 32.1. The van der Waals surface area contributed by atoms with Gasteiger partial charge in [0.15, 0.2) is 0 Å². The van der Waals surface area contributed by atoms with E-state index in [0.29, 0.717) is 6.54 Å². The van der Waals surface area contributed by atoms with Crippen molar-refractivity contribution < 1.29 is 13.2 Å². The number of nitrogens with zero attached hydrogens (tertiary/aromatic N) is 2. The molecule has 1 atom stereocenters. The van der Waals surface area contributed by atoms with Crippen LogP contribution in [0.4, 0.5) is 13.2 Å². The molecule has 0 aliphatic rings. The van der Waals surface area contributed by atoms with Crippen LogP contribution < -0.4 is 11.4 Å². The van der Waals surface area contributed by atoms with Crippen molar-refractivity contribution in [3.05, 3.63) is 22.9 Å². The molecule has 0 radical (unpaired) electrons. The first-order chi connectivity index (χ1) is 8.27. The molecular weight excluding hydrogens is 267 g/mol. The maximum absolute atomic E-state index is 12.7. The van der Waals surface area contributed by atoms with Crippen molar-refractivity contribution >= 4 is 17.2 Å². The number of thiocarbonyl (C=S) groups is 1. The van der Waals surface area contributed by atoms with Crippen LogP contribution in [0.15, 0.2) is 17.2 Å². The van der Waals surface area contributed by atoms with Crippen LogP contribution in [0.1, 0.15) is 13.3 Å². The molecule has 0 aliphatic carbocycles. The molecular formula is C10H14F3N3OS. The fourth-order valence-corrected chi connectivity index (χ4v) is 1.76. The van der Waals surface area contributed by atoms with Gasteiger partial charge >= 0.3 is 11.9 Å². The largest absolute Gasteiger partial charge is 0.399 e. The Balaban J connectivity index is 2.96. The van der Waals surface area contributed by atoms with Crippen molar-refractivity contribution in [2.45, 2.75) is 32.6 Å². The molecule has 4 nitrogen and oxygen atoms in total. The molecule has 1 heterocycles. The molecule has 0 amide bonds. The predicted octanol–water partition coefficient (Wildman–Crippen LogP) is 1.52. The van der Waals surface area contributed by atoms with Crippen LogP contribution in [0.5, 0.6) is 0 Å². The Morgan fingerprint density at radius 3 is 2.44 bits per heavy atom. The topological polar surface area (TPSA) is 52.9 Å². The quantitative estimate of drug-likeness (QED) is 0.833. The van der Waals surface area contributed by atoms with Crippen LogP contribution in [-0.2, 0) is 13.1 Å². The summed E-state index contributed by atoms with van der Waals surface area (Å²) in [6.07, 6.45) is -1.05. The zero-order valence-electron chi connectivity index (χ0n) is 9.78. The van der Waals surface area contributed by atoms with Gasteiger partial charge in [-0.15, -0.1) is 0 Å². The number of rotatable bonds is 5. The SMILES string of the molecule is CCCn1ccn(CC(C(N)=S)C(F)(F)F)c1=O. The normalized spacial score (nSPS) is 13.6. The molecule has 1 unspecified atom stereocenters. The van der Waals surface area contributed by atoms with E-state index >= 15 is 0 Å². The maximum Gasteiger partial charge on any atom is 0.399 e. The molecule has 2 N–H and O–H groups in total. The lowest BCUT2D eigenvalue weighted by molar-refractivity contribution is -0.158. The summed E-state index contributed by atoms with van der Waals surface area (Å²) in [6.45, 7) is 1.77. The zero-order valence-corrected chi connectivity index (χ0v) is 10.6. The Kier molecular flexibility index (Phi) is 4.55. The number of halogens is 3. The van der Waals surface area contributed by atoms with E-state index in [1.165, 1.54) is 17.0 Å². The molecule has 0 saturated heterocycles. The van der Waals surface area contributed by atoms with E-state index in [2.05, 4.69) is 12.2 Å². The summed E-state index contributed by atoms with van der Waals surface area (Å²) < 4.78 is 40.3. The number of nitrogens with two attached hydrogens (primary N) is 1. The first kappa shape index (κ1) is 14.7. The molecule has 102 valence electrons. The van der Waals surface area contributed by atoms with Crippen LogP contribution in [0.25, 0.3) is 0 Å². The number of hydrogen-bond acceptors (Lipinski definition) is 2. The minimum absolute atomic E-state index is 0.468. The summed E-state index contributed by atoms with van der Waals surface area (Å²) in [7, 11) is 0. The standard InChI is InChI=1S/C10H14F3N3OS/c1-2-3-15-4-5-16(9(15)17)6-7(8(14)18)10(11,12)13/h4-5,7H,2-3,6H2,1H3,(H2,14,18). The van der Waals surface area contributed by atoms with Crippen molar-refractivity contribution in [1.82, 2.24) is 9.13 Å². The molecule has 1 aromatic heterocycles. The third kappa shape index (κ3) is 3.34. The Hall–Kier alpha value is -1.31. The first-order valence-corrected chi connectivity index (χ1v) is 5.79. The summed E-state index contributed by atoms with van der Waals surface area (Å²) in [6, 6.07) is 0. The van der Waals surface area contributed by atoms with Gasteiger partial charge in [0.25, 0.3) is 0 Å². The van der Waals surface area contributed by atoms with E-state index in [1.54, 1.807) is 0 Å².